The minimum absolute atomic E-state index is 0.535. The number of nitrogens with zero attached hydrogens (tertiary/aromatic N) is 1. The van der Waals surface area contributed by atoms with Crippen molar-refractivity contribution >= 4 is 11.3 Å². The molecule has 2 rings (SSSR count). The van der Waals surface area contributed by atoms with E-state index in [4.69, 9.17) is 4.74 Å². The van der Waals surface area contributed by atoms with E-state index in [0.717, 1.165) is 39.4 Å². The average molecular weight is 254 g/mol. The number of hydrogen-bond acceptors (Lipinski definition) is 4. The minimum Gasteiger partial charge on any atom is -0.379 e. The fraction of sp³-hybridized carbons (Fsp3) is 0.692. The Labute approximate surface area is 108 Å². The number of ether oxygens (including phenoxy) is 1. The van der Waals surface area contributed by atoms with E-state index in [0.29, 0.717) is 6.04 Å². The molecule has 1 N–H and O–H groups in total. The van der Waals surface area contributed by atoms with Crippen LogP contribution in [0, 0.1) is 6.92 Å². The van der Waals surface area contributed by atoms with Crippen LogP contribution in [0.3, 0.4) is 0 Å². The Morgan fingerprint density at radius 3 is 2.82 bits per heavy atom. The Morgan fingerprint density at radius 1 is 1.41 bits per heavy atom. The Hall–Kier alpha value is -0.420. The highest BCUT2D eigenvalue weighted by molar-refractivity contribution is 7.08. The minimum atomic E-state index is 0.535. The zero-order valence-corrected chi connectivity index (χ0v) is 11.6. The maximum absolute atomic E-state index is 5.36. The largest absolute Gasteiger partial charge is 0.379 e. The van der Waals surface area contributed by atoms with Crippen molar-refractivity contribution in [3.05, 3.63) is 21.9 Å². The van der Waals surface area contributed by atoms with E-state index in [-0.39, 0.29) is 0 Å². The smallest absolute Gasteiger partial charge is 0.0594 e. The number of thiophene rings is 1. The molecule has 3 nitrogen and oxygen atoms in total. The summed E-state index contributed by atoms with van der Waals surface area (Å²) in [5.74, 6) is 0. The van der Waals surface area contributed by atoms with Crippen LogP contribution in [0.5, 0.6) is 0 Å². The highest BCUT2D eigenvalue weighted by Crippen LogP contribution is 2.13. The number of nitrogens with one attached hydrogen (secondary N) is 1. The van der Waals surface area contributed by atoms with Gasteiger partial charge in [-0.05, 0) is 35.7 Å². The van der Waals surface area contributed by atoms with Crippen molar-refractivity contribution in [3.63, 3.8) is 0 Å². The Bertz CT molecular complexity index is 334. The molecular formula is C13H22N2OS. The van der Waals surface area contributed by atoms with Crippen molar-refractivity contribution in [1.82, 2.24) is 10.2 Å². The van der Waals surface area contributed by atoms with E-state index in [9.17, 15) is 0 Å². The van der Waals surface area contributed by atoms with Gasteiger partial charge in [0, 0.05) is 32.2 Å². The summed E-state index contributed by atoms with van der Waals surface area (Å²) in [5.41, 5.74) is 2.84. The number of rotatable bonds is 5. The SMILES string of the molecule is Cc1cscc1CNC(C)CN1CCOCC1. The molecule has 17 heavy (non-hydrogen) atoms. The summed E-state index contributed by atoms with van der Waals surface area (Å²) >= 11 is 1.79. The fourth-order valence-corrected chi connectivity index (χ4v) is 2.94. The van der Waals surface area contributed by atoms with Crippen molar-refractivity contribution in [3.8, 4) is 0 Å². The van der Waals surface area contributed by atoms with E-state index in [1.807, 2.05) is 0 Å². The fourth-order valence-electron chi connectivity index (χ4n) is 2.09. The highest BCUT2D eigenvalue weighted by atomic mass is 32.1. The molecule has 0 saturated carbocycles. The third kappa shape index (κ3) is 4.07. The van der Waals surface area contributed by atoms with Gasteiger partial charge in [0.15, 0.2) is 0 Å². The zero-order chi connectivity index (χ0) is 12.1. The average Bonchev–Trinajstić information content (AvgIpc) is 2.74. The molecule has 1 aromatic rings. The van der Waals surface area contributed by atoms with Crippen LogP contribution >= 0.6 is 11.3 Å². The van der Waals surface area contributed by atoms with Gasteiger partial charge in [-0.2, -0.15) is 11.3 Å². The Balaban J connectivity index is 1.70. The van der Waals surface area contributed by atoms with Crippen LogP contribution in [0.25, 0.3) is 0 Å². The summed E-state index contributed by atoms with van der Waals surface area (Å²) in [6.45, 7) is 10.5. The predicted octanol–water partition coefficient (Wildman–Crippen LogP) is 1.87. The van der Waals surface area contributed by atoms with Gasteiger partial charge < -0.3 is 10.1 Å². The van der Waals surface area contributed by atoms with Gasteiger partial charge in [0.1, 0.15) is 0 Å². The number of morpholine rings is 1. The topological polar surface area (TPSA) is 24.5 Å². The van der Waals surface area contributed by atoms with Crippen molar-refractivity contribution in [2.24, 2.45) is 0 Å². The summed E-state index contributed by atoms with van der Waals surface area (Å²) in [4.78, 5) is 2.47. The van der Waals surface area contributed by atoms with E-state index in [1.54, 1.807) is 11.3 Å². The van der Waals surface area contributed by atoms with Crippen LogP contribution in [0.1, 0.15) is 18.1 Å². The van der Waals surface area contributed by atoms with Gasteiger partial charge in [0.2, 0.25) is 0 Å². The van der Waals surface area contributed by atoms with Gasteiger partial charge in [-0.3, -0.25) is 4.90 Å². The standard InChI is InChI=1S/C13H22N2OS/c1-11-9-17-10-13(11)7-14-12(2)8-15-3-5-16-6-4-15/h9-10,12,14H,3-8H2,1-2H3. The van der Waals surface area contributed by atoms with Crippen LogP contribution in [-0.2, 0) is 11.3 Å². The van der Waals surface area contributed by atoms with Gasteiger partial charge in [-0.25, -0.2) is 0 Å². The molecule has 0 amide bonds. The first-order valence-corrected chi connectivity index (χ1v) is 7.25. The van der Waals surface area contributed by atoms with Crippen LogP contribution in [0.15, 0.2) is 10.8 Å². The lowest BCUT2D eigenvalue weighted by molar-refractivity contribution is 0.0343. The molecule has 0 bridgehead atoms. The summed E-state index contributed by atoms with van der Waals surface area (Å²) in [6, 6.07) is 0.535. The molecule has 1 fully saturated rings. The van der Waals surface area contributed by atoms with E-state index in [1.165, 1.54) is 11.1 Å². The molecule has 0 aliphatic carbocycles. The Morgan fingerprint density at radius 2 is 2.18 bits per heavy atom. The lowest BCUT2D eigenvalue weighted by atomic mass is 10.2. The maximum Gasteiger partial charge on any atom is 0.0594 e. The van der Waals surface area contributed by atoms with E-state index < -0.39 is 0 Å². The second-order valence-corrected chi connectivity index (χ2v) is 5.52. The lowest BCUT2D eigenvalue weighted by Crippen LogP contribution is -2.44. The summed E-state index contributed by atoms with van der Waals surface area (Å²) < 4.78 is 5.36. The molecule has 1 aromatic heterocycles. The van der Waals surface area contributed by atoms with Gasteiger partial charge in [0.25, 0.3) is 0 Å². The first kappa shape index (κ1) is 13.0. The molecule has 2 heterocycles. The third-order valence-corrected chi connectivity index (χ3v) is 4.15. The van der Waals surface area contributed by atoms with Crippen LogP contribution < -0.4 is 5.32 Å². The number of aryl methyl sites for hydroxylation is 1. The van der Waals surface area contributed by atoms with Crippen LogP contribution in [-0.4, -0.2) is 43.8 Å². The predicted molar refractivity (Wildman–Crippen MR) is 72.6 cm³/mol. The molecule has 1 saturated heterocycles. The molecule has 1 unspecified atom stereocenters. The Kier molecular flexibility index (Phi) is 4.98. The van der Waals surface area contributed by atoms with Crippen LogP contribution in [0.2, 0.25) is 0 Å². The normalized spacial score (nSPS) is 19.4. The van der Waals surface area contributed by atoms with Crippen molar-refractivity contribution < 1.29 is 4.74 Å². The summed E-state index contributed by atoms with van der Waals surface area (Å²) in [7, 11) is 0. The monoisotopic (exact) mass is 254 g/mol. The quantitative estimate of drug-likeness (QED) is 0.868. The molecule has 96 valence electrons. The van der Waals surface area contributed by atoms with Crippen molar-refractivity contribution in [1.29, 1.82) is 0 Å². The van der Waals surface area contributed by atoms with E-state index >= 15 is 0 Å². The zero-order valence-electron chi connectivity index (χ0n) is 10.7. The van der Waals surface area contributed by atoms with Crippen molar-refractivity contribution in [2.75, 3.05) is 32.8 Å². The second-order valence-electron chi connectivity index (χ2n) is 4.77. The van der Waals surface area contributed by atoms with Gasteiger partial charge >= 0.3 is 0 Å². The molecule has 0 radical (unpaired) electrons. The second kappa shape index (κ2) is 6.50. The third-order valence-electron chi connectivity index (χ3n) is 3.24. The van der Waals surface area contributed by atoms with E-state index in [2.05, 4.69) is 34.8 Å². The van der Waals surface area contributed by atoms with Crippen LogP contribution in [0.4, 0.5) is 0 Å². The van der Waals surface area contributed by atoms with Gasteiger partial charge in [0.05, 0.1) is 13.2 Å². The molecule has 1 aliphatic rings. The number of hydrogen-bond donors (Lipinski definition) is 1. The van der Waals surface area contributed by atoms with Gasteiger partial charge in [-0.15, -0.1) is 0 Å². The van der Waals surface area contributed by atoms with Gasteiger partial charge in [-0.1, -0.05) is 0 Å². The van der Waals surface area contributed by atoms with Crippen molar-refractivity contribution in [2.45, 2.75) is 26.4 Å². The summed E-state index contributed by atoms with van der Waals surface area (Å²) in [6.07, 6.45) is 0. The summed E-state index contributed by atoms with van der Waals surface area (Å²) in [5, 5.41) is 8.05. The first-order valence-electron chi connectivity index (χ1n) is 6.31. The highest BCUT2D eigenvalue weighted by Gasteiger charge is 2.13. The molecule has 4 heteroatoms. The molecule has 1 atom stereocenters. The molecule has 0 aromatic carbocycles. The lowest BCUT2D eigenvalue weighted by Gasteiger charge is -2.29. The first-order chi connectivity index (χ1) is 8.25. The molecule has 1 aliphatic heterocycles. The maximum atomic E-state index is 5.36. The molecular weight excluding hydrogens is 232 g/mol. The molecule has 0 spiro atoms.